The van der Waals surface area contributed by atoms with Crippen molar-refractivity contribution in [3.8, 4) is 0 Å². The molecule has 2 heterocycles. The van der Waals surface area contributed by atoms with Crippen molar-refractivity contribution in [2.24, 2.45) is 4.99 Å². The van der Waals surface area contributed by atoms with Crippen LogP contribution in [0.5, 0.6) is 0 Å². The van der Waals surface area contributed by atoms with Crippen LogP contribution in [0.1, 0.15) is 37.2 Å². The van der Waals surface area contributed by atoms with E-state index in [0.717, 1.165) is 64.5 Å². The number of halogens is 2. The number of hydrogen-bond donors (Lipinski definition) is 1. The predicted octanol–water partition coefficient (Wildman–Crippen LogP) is 2.54. The van der Waals surface area contributed by atoms with Crippen LogP contribution in [0.2, 0.25) is 5.02 Å². The van der Waals surface area contributed by atoms with E-state index >= 15 is 0 Å². The van der Waals surface area contributed by atoms with E-state index in [2.05, 4.69) is 20.1 Å². The van der Waals surface area contributed by atoms with E-state index in [1.165, 1.54) is 12.5 Å². The van der Waals surface area contributed by atoms with E-state index in [1.54, 1.807) is 19.2 Å². The van der Waals surface area contributed by atoms with Crippen LogP contribution in [0.4, 0.5) is 4.39 Å². The molecule has 1 aliphatic carbocycles. The summed E-state index contributed by atoms with van der Waals surface area (Å²) in [6.07, 6.45) is 4.34. The molecule has 1 amide bonds. The first-order valence-corrected chi connectivity index (χ1v) is 11.4. The average Bonchev–Trinajstić information content (AvgIpc) is 3.52. The molecule has 2 aliphatic heterocycles. The Morgan fingerprint density at radius 1 is 1.13 bits per heavy atom. The number of piperidine rings is 1. The number of aliphatic imine (C=N–C) groups is 1. The lowest BCUT2D eigenvalue weighted by Crippen LogP contribution is -2.54. The Hall–Kier alpha value is -1.86. The number of guanidine groups is 1. The second-order valence-electron chi connectivity index (χ2n) is 8.48. The number of likely N-dealkylation sites (tertiary alicyclic amines) is 1. The van der Waals surface area contributed by atoms with Crippen LogP contribution in [0, 0.1) is 5.82 Å². The van der Waals surface area contributed by atoms with E-state index < -0.39 is 0 Å². The summed E-state index contributed by atoms with van der Waals surface area (Å²) in [7, 11) is 1.78. The van der Waals surface area contributed by atoms with Crippen LogP contribution in [0.25, 0.3) is 0 Å². The molecule has 0 radical (unpaired) electrons. The number of rotatable bonds is 4. The summed E-state index contributed by atoms with van der Waals surface area (Å²) in [6, 6.07) is 5.00. The van der Waals surface area contributed by atoms with Crippen molar-refractivity contribution in [1.82, 2.24) is 20.0 Å². The molecule has 6 nitrogen and oxygen atoms in total. The van der Waals surface area contributed by atoms with Crippen molar-refractivity contribution >= 4 is 23.5 Å². The molecule has 2 atom stereocenters. The van der Waals surface area contributed by atoms with Gasteiger partial charge in [0.15, 0.2) is 5.96 Å². The van der Waals surface area contributed by atoms with Gasteiger partial charge in [0.2, 0.25) is 5.91 Å². The van der Waals surface area contributed by atoms with Crippen molar-refractivity contribution in [2.45, 2.75) is 37.6 Å². The highest BCUT2D eigenvalue weighted by molar-refractivity contribution is 6.31. The number of carbonyl (C=O) groups is 1. The van der Waals surface area contributed by atoms with Gasteiger partial charge in [-0.05, 0) is 37.8 Å². The minimum absolute atomic E-state index is 0.0823. The van der Waals surface area contributed by atoms with E-state index in [-0.39, 0.29) is 23.7 Å². The number of nitrogens with zero attached hydrogens (tertiary/aromatic N) is 4. The Labute approximate surface area is 183 Å². The van der Waals surface area contributed by atoms with Gasteiger partial charge < -0.3 is 15.1 Å². The smallest absolute Gasteiger partial charge is 0.236 e. The van der Waals surface area contributed by atoms with Gasteiger partial charge in [0.05, 0.1) is 6.54 Å². The number of amides is 1. The van der Waals surface area contributed by atoms with Crippen molar-refractivity contribution < 1.29 is 9.18 Å². The first-order chi connectivity index (χ1) is 14.6. The largest absolute Gasteiger partial charge is 0.353 e. The summed E-state index contributed by atoms with van der Waals surface area (Å²) in [5.41, 5.74) is 0.605. The van der Waals surface area contributed by atoms with E-state index in [1.807, 2.05) is 4.90 Å². The van der Waals surface area contributed by atoms with Gasteiger partial charge in [0.1, 0.15) is 5.82 Å². The van der Waals surface area contributed by atoms with Crippen LogP contribution >= 0.6 is 11.6 Å². The molecule has 3 fully saturated rings. The van der Waals surface area contributed by atoms with E-state index in [0.29, 0.717) is 17.1 Å². The summed E-state index contributed by atoms with van der Waals surface area (Å²) in [5, 5.41) is 3.97. The Balaban J connectivity index is 1.25. The standard InChI is InChI=1S/C22H31ClFN5O/c1-25-22(26-19-14-16(19)21-17(23)6-5-7-18(21)24)29-12-10-27(11-13-29)15-20(30)28-8-3-2-4-9-28/h5-7,16,19H,2-4,8-15H2,1H3,(H,25,26). The first kappa shape index (κ1) is 21.4. The zero-order chi connectivity index (χ0) is 21.1. The van der Waals surface area contributed by atoms with Crippen molar-refractivity contribution in [2.75, 3.05) is 52.9 Å². The molecular weight excluding hydrogens is 405 g/mol. The van der Waals surface area contributed by atoms with Gasteiger partial charge in [-0.2, -0.15) is 0 Å². The quantitative estimate of drug-likeness (QED) is 0.583. The predicted molar refractivity (Wildman–Crippen MR) is 117 cm³/mol. The molecule has 0 aromatic heterocycles. The molecule has 0 spiro atoms. The van der Waals surface area contributed by atoms with Crippen LogP contribution in [0.3, 0.4) is 0 Å². The number of benzene rings is 1. The van der Waals surface area contributed by atoms with Gasteiger partial charge in [-0.1, -0.05) is 17.7 Å². The lowest BCUT2D eigenvalue weighted by Gasteiger charge is -2.37. The van der Waals surface area contributed by atoms with Crippen LogP contribution in [0.15, 0.2) is 23.2 Å². The van der Waals surface area contributed by atoms with Gasteiger partial charge in [0, 0.05) is 68.9 Å². The summed E-state index contributed by atoms with van der Waals surface area (Å²) in [4.78, 5) is 23.4. The molecule has 1 aromatic rings. The van der Waals surface area contributed by atoms with Crippen molar-refractivity contribution in [3.63, 3.8) is 0 Å². The van der Waals surface area contributed by atoms with Gasteiger partial charge in [0.25, 0.3) is 0 Å². The monoisotopic (exact) mass is 435 g/mol. The zero-order valence-electron chi connectivity index (χ0n) is 17.6. The maximum absolute atomic E-state index is 14.2. The number of nitrogens with one attached hydrogen (secondary N) is 1. The zero-order valence-corrected chi connectivity index (χ0v) is 18.4. The molecule has 2 unspecified atom stereocenters. The maximum atomic E-state index is 14.2. The highest BCUT2D eigenvalue weighted by atomic mass is 35.5. The third-order valence-corrected chi connectivity index (χ3v) is 6.76. The minimum atomic E-state index is -0.237. The molecule has 4 rings (SSSR count). The molecule has 2 saturated heterocycles. The molecular formula is C22H31ClFN5O. The summed E-state index contributed by atoms with van der Waals surface area (Å²) >= 11 is 6.22. The maximum Gasteiger partial charge on any atom is 0.236 e. The van der Waals surface area contributed by atoms with Crippen LogP contribution in [-0.4, -0.2) is 85.5 Å². The highest BCUT2D eigenvalue weighted by Crippen LogP contribution is 2.45. The second-order valence-corrected chi connectivity index (χ2v) is 8.89. The highest BCUT2D eigenvalue weighted by Gasteiger charge is 2.42. The van der Waals surface area contributed by atoms with Gasteiger partial charge in [-0.15, -0.1) is 0 Å². The molecule has 3 aliphatic rings. The first-order valence-electron chi connectivity index (χ1n) is 11.0. The molecule has 164 valence electrons. The average molecular weight is 436 g/mol. The molecule has 0 bridgehead atoms. The normalized spacial score (nSPS) is 25.4. The van der Waals surface area contributed by atoms with Gasteiger partial charge >= 0.3 is 0 Å². The summed E-state index contributed by atoms with van der Waals surface area (Å²) in [5.74, 6) is 0.947. The SMILES string of the molecule is CN=C(NC1CC1c1c(F)cccc1Cl)N1CCN(CC(=O)N2CCCCC2)CC1. The van der Waals surface area contributed by atoms with Gasteiger partial charge in [-0.25, -0.2) is 4.39 Å². The van der Waals surface area contributed by atoms with Gasteiger partial charge in [-0.3, -0.25) is 14.7 Å². The molecule has 1 aromatic carbocycles. The van der Waals surface area contributed by atoms with E-state index in [9.17, 15) is 9.18 Å². The fourth-order valence-corrected chi connectivity index (χ4v) is 4.86. The van der Waals surface area contributed by atoms with E-state index in [4.69, 9.17) is 11.6 Å². The Kier molecular flexibility index (Phi) is 6.78. The minimum Gasteiger partial charge on any atom is -0.353 e. The third kappa shape index (κ3) is 4.89. The van der Waals surface area contributed by atoms with Crippen molar-refractivity contribution in [3.05, 3.63) is 34.6 Å². The topological polar surface area (TPSA) is 51.2 Å². The third-order valence-electron chi connectivity index (χ3n) is 6.43. The van der Waals surface area contributed by atoms with Crippen LogP contribution in [-0.2, 0) is 4.79 Å². The fraction of sp³-hybridized carbons (Fsp3) is 0.636. The molecule has 30 heavy (non-hydrogen) atoms. The number of hydrogen-bond acceptors (Lipinski definition) is 3. The van der Waals surface area contributed by atoms with Crippen LogP contribution < -0.4 is 5.32 Å². The Bertz CT molecular complexity index is 769. The fourth-order valence-electron chi connectivity index (χ4n) is 4.55. The number of piperazine rings is 1. The lowest BCUT2D eigenvalue weighted by atomic mass is 10.1. The molecule has 8 heteroatoms. The Morgan fingerprint density at radius 2 is 1.87 bits per heavy atom. The lowest BCUT2D eigenvalue weighted by molar-refractivity contribution is -0.133. The Morgan fingerprint density at radius 3 is 2.53 bits per heavy atom. The molecule has 1 N–H and O–H groups in total. The van der Waals surface area contributed by atoms with Crippen molar-refractivity contribution in [1.29, 1.82) is 0 Å². The summed E-state index contributed by atoms with van der Waals surface area (Å²) in [6.45, 7) is 5.65. The summed E-state index contributed by atoms with van der Waals surface area (Å²) < 4.78 is 14.2. The molecule has 1 saturated carbocycles. The second kappa shape index (κ2) is 9.52. The number of carbonyl (C=O) groups excluding carboxylic acids is 1.